The second kappa shape index (κ2) is 18.7. The normalized spacial score (nSPS) is 20.6. The van der Waals surface area contributed by atoms with E-state index in [1.807, 2.05) is 54.3 Å². The second-order valence-corrected chi connectivity index (χ2v) is 17.6. The van der Waals surface area contributed by atoms with Crippen molar-refractivity contribution >= 4 is 34.8 Å². The van der Waals surface area contributed by atoms with E-state index in [0.29, 0.717) is 66.8 Å². The summed E-state index contributed by atoms with van der Waals surface area (Å²) in [6, 6.07) is 13.7. The zero-order valence-electron chi connectivity index (χ0n) is 35.7. The van der Waals surface area contributed by atoms with Crippen LogP contribution in [0.3, 0.4) is 0 Å². The number of hydrogen-bond donors (Lipinski definition) is 2. The first-order chi connectivity index (χ1) is 30.0. The van der Waals surface area contributed by atoms with Crippen molar-refractivity contribution < 1.29 is 31.9 Å². The molecule has 0 bridgehead atoms. The molecule has 1 aromatic heterocycles. The Balaban J connectivity index is 0.00000127. The molecule has 5 aliphatic rings. The number of hydrogen-bond acceptors (Lipinski definition) is 7. The molecule has 0 saturated carbocycles. The molecule has 2 atom stereocenters. The number of fused-ring (bicyclic) bond motifs is 5. The number of alkyl halides is 2. The van der Waals surface area contributed by atoms with Gasteiger partial charge in [0.2, 0.25) is 6.41 Å². The van der Waals surface area contributed by atoms with Gasteiger partial charge in [0.05, 0.1) is 23.7 Å². The Morgan fingerprint density at radius 3 is 2.13 bits per heavy atom. The van der Waals surface area contributed by atoms with Gasteiger partial charge in [-0.25, -0.2) is 17.6 Å². The summed E-state index contributed by atoms with van der Waals surface area (Å²) in [5.41, 5.74) is 6.02. The summed E-state index contributed by atoms with van der Waals surface area (Å²) in [6.07, 6.45) is 5.74. The Morgan fingerprint density at radius 2 is 1.53 bits per heavy atom. The maximum atomic E-state index is 16.1. The standard InChI is InChI=1S/C46H52F4N6O2.C2H5NO/c1-3-4-7-28(2)56-45(57)36-20-30-25-55(26-31(30)21-37(36)46(56)58)32-12-15-52(16-13-32)24-29-10-17-53(18-11-29)33-22-38(47)42(39(48)23-33)44-43-35(14-19-54(44)27-41(49)50)34-8-5-6-9-40(34)51-43;1-3-2-4/h3,5-6,8-9,20-23,28-29,32,41,44,51H,1,4,7,10-19,24-27H2,2H3;2H,1H3,(H,3,4). The average Bonchev–Trinajstić information content (AvgIpc) is 3.94. The van der Waals surface area contributed by atoms with Crippen molar-refractivity contribution in [2.75, 3.05) is 57.8 Å². The van der Waals surface area contributed by atoms with Gasteiger partial charge in [0.25, 0.3) is 18.2 Å². The van der Waals surface area contributed by atoms with Crippen LogP contribution in [0.25, 0.3) is 10.9 Å². The fraction of sp³-hybridized carbons (Fsp3) is 0.479. The maximum Gasteiger partial charge on any atom is 0.261 e. The Morgan fingerprint density at radius 1 is 0.903 bits per heavy atom. The molecule has 5 aliphatic heterocycles. The number of para-hydroxylation sites is 1. The number of piperidine rings is 2. The highest BCUT2D eigenvalue weighted by molar-refractivity contribution is 6.21. The number of anilines is 1. The summed E-state index contributed by atoms with van der Waals surface area (Å²) in [6.45, 7) is 11.4. The molecule has 10 nitrogen and oxygen atoms in total. The van der Waals surface area contributed by atoms with E-state index in [4.69, 9.17) is 4.79 Å². The van der Waals surface area contributed by atoms with Crippen LogP contribution < -0.4 is 10.2 Å². The summed E-state index contributed by atoms with van der Waals surface area (Å²) in [5.74, 6) is -1.30. The number of benzene rings is 3. The van der Waals surface area contributed by atoms with Crippen molar-refractivity contribution in [3.8, 4) is 0 Å². The molecular formula is C48H57F4N7O3. The minimum absolute atomic E-state index is 0.166. The smallest absolute Gasteiger partial charge is 0.261 e. The van der Waals surface area contributed by atoms with Gasteiger partial charge in [0, 0.05) is 86.2 Å². The fourth-order valence-corrected chi connectivity index (χ4v) is 10.5. The Bertz CT molecular complexity index is 2230. The minimum Gasteiger partial charge on any atom is -0.371 e. The highest BCUT2D eigenvalue weighted by Crippen LogP contribution is 2.42. The van der Waals surface area contributed by atoms with Gasteiger partial charge in [-0.3, -0.25) is 29.1 Å². The van der Waals surface area contributed by atoms with E-state index in [1.54, 1.807) is 7.05 Å². The van der Waals surface area contributed by atoms with Gasteiger partial charge in [-0.15, -0.1) is 6.58 Å². The molecule has 2 saturated heterocycles. The molecule has 4 aromatic rings. The van der Waals surface area contributed by atoms with Crippen molar-refractivity contribution in [2.24, 2.45) is 5.92 Å². The summed E-state index contributed by atoms with van der Waals surface area (Å²) < 4.78 is 59.8. The summed E-state index contributed by atoms with van der Waals surface area (Å²) >= 11 is 0. The van der Waals surface area contributed by atoms with Crippen LogP contribution in [0, 0.1) is 17.6 Å². The molecule has 62 heavy (non-hydrogen) atoms. The predicted octanol–water partition coefficient (Wildman–Crippen LogP) is 7.67. The van der Waals surface area contributed by atoms with Gasteiger partial charge in [0.1, 0.15) is 11.6 Å². The lowest BCUT2D eigenvalue weighted by molar-refractivity contribution is -0.109. The number of rotatable bonds is 12. The Hall–Kier alpha value is -5.05. The molecule has 14 heteroatoms. The number of allylic oxidation sites excluding steroid dienone is 1. The lowest BCUT2D eigenvalue weighted by Crippen LogP contribution is -2.45. The quantitative estimate of drug-likeness (QED) is 0.0655. The number of aromatic nitrogens is 1. The first kappa shape index (κ1) is 43.6. The Kier molecular flexibility index (Phi) is 13.2. The SMILES string of the molecule is C=CCCC(C)N1C(=O)c2cc3c(cc2C1=O)CN(C1CCN(CC2CCN(c4cc(F)c(C5c6[nH]c7ccccc7c6CCN5CC(F)F)c(F)c4)CC2)CC1)C3.CNC=O. The molecule has 0 radical (unpaired) electrons. The van der Waals surface area contributed by atoms with E-state index in [1.165, 1.54) is 21.9 Å². The van der Waals surface area contributed by atoms with Crippen LogP contribution in [-0.4, -0.2) is 114 Å². The third-order valence-electron chi connectivity index (χ3n) is 13.7. The van der Waals surface area contributed by atoms with Gasteiger partial charge in [-0.05, 0) is 118 Å². The molecule has 2 fully saturated rings. The predicted molar refractivity (Wildman–Crippen MR) is 232 cm³/mol. The summed E-state index contributed by atoms with van der Waals surface area (Å²) in [4.78, 5) is 49.0. The summed E-state index contributed by atoms with van der Waals surface area (Å²) in [5, 5.41) is 3.21. The lowest BCUT2D eigenvalue weighted by Gasteiger charge is -2.40. The number of aromatic amines is 1. The molecule has 330 valence electrons. The molecule has 9 rings (SSSR count). The van der Waals surface area contributed by atoms with Crippen molar-refractivity contribution in [2.45, 2.75) is 89.5 Å². The number of amides is 3. The zero-order valence-corrected chi connectivity index (χ0v) is 35.7. The van der Waals surface area contributed by atoms with Crippen molar-refractivity contribution in [3.05, 3.63) is 112 Å². The van der Waals surface area contributed by atoms with Gasteiger partial charge in [0.15, 0.2) is 0 Å². The first-order valence-electron chi connectivity index (χ1n) is 22.1. The molecule has 2 unspecified atom stereocenters. The van der Waals surface area contributed by atoms with Crippen LogP contribution in [0.2, 0.25) is 0 Å². The molecule has 2 N–H and O–H groups in total. The number of halogens is 4. The highest BCUT2D eigenvalue weighted by atomic mass is 19.3. The third-order valence-corrected chi connectivity index (χ3v) is 13.7. The van der Waals surface area contributed by atoms with Gasteiger partial charge in [-0.2, -0.15) is 0 Å². The number of carbonyl (C=O) groups is 3. The fourth-order valence-electron chi connectivity index (χ4n) is 10.5. The van der Waals surface area contributed by atoms with Gasteiger partial charge in [-0.1, -0.05) is 24.3 Å². The van der Waals surface area contributed by atoms with E-state index < -0.39 is 30.6 Å². The van der Waals surface area contributed by atoms with Gasteiger partial charge < -0.3 is 20.1 Å². The van der Waals surface area contributed by atoms with Crippen molar-refractivity contribution in [1.29, 1.82) is 0 Å². The number of imide groups is 1. The third kappa shape index (κ3) is 8.65. The van der Waals surface area contributed by atoms with E-state index >= 15 is 8.78 Å². The van der Waals surface area contributed by atoms with E-state index in [0.717, 1.165) is 92.4 Å². The van der Waals surface area contributed by atoms with E-state index in [9.17, 15) is 18.4 Å². The average molecular weight is 856 g/mol. The van der Waals surface area contributed by atoms with Crippen molar-refractivity contribution in [3.63, 3.8) is 0 Å². The van der Waals surface area contributed by atoms with Crippen molar-refractivity contribution in [1.82, 2.24) is 29.9 Å². The van der Waals surface area contributed by atoms with E-state index in [-0.39, 0.29) is 30.0 Å². The largest absolute Gasteiger partial charge is 0.371 e. The van der Waals surface area contributed by atoms with Crippen LogP contribution in [0.4, 0.5) is 23.2 Å². The molecule has 0 spiro atoms. The number of H-pyrrole nitrogens is 1. The lowest BCUT2D eigenvalue weighted by atomic mass is 9.91. The van der Waals surface area contributed by atoms with Crippen LogP contribution in [0.15, 0.2) is 61.2 Å². The molecular weight excluding hydrogens is 799 g/mol. The van der Waals surface area contributed by atoms with Crippen LogP contribution in [0.5, 0.6) is 0 Å². The Labute approximate surface area is 360 Å². The number of nitrogens with one attached hydrogen (secondary N) is 2. The molecule has 3 aromatic carbocycles. The first-order valence-corrected chi connectivity index (χ1v) is 22.1. The molecule has 6 heterocycles. The van der Waals surface area contributed by atoms with Crippen LogP contribution in [-0.2, 0) is 24.3 Å². The minimum atomic E-state index is -2.63. The zero-order chi connectivity index (χ0) is 43.7. The summed E-state index contributed by atoms with van der Waals surface area (Å²) in [7, 11) is 1.56. The second-order valence-electron chi connectivity index (χ2n) is 17.6. The number of likely N-dealkylation sites (tertiary alicyclic amines) is 1. The highest BCUT2D eigenvalue weighted by Gasteiger charge is 2.41. The monoisotopic (exact) mass is 855 g/mol. The van der Waals surface area contributed by atoms with Crippen LogP contribution in [0.1, 0.15) is 100 Å². The number of nitrogens with zero attached hydrogens (tertiary/aromatic N) is 5. The maximum absolute atomic E-state index is 16.1. The van der Waals surface area contributed by atoms with E-state index in [2.05, 4.69) is 26.7 Å². The van der Waals surface area contributed by atoms with Crippen LogP contribution >= 0.6 is 0 Å². The molecule has 0 aliphatic carbocycles. The topological polar surface area (TPSA) is 95.2 Å². The molecule has 3 amide bonds. The number of carbonyl (C=O) groups excluding carboxylic acids is 3. The van der Waals surface area contributed by atoms with Gasteiger partial charge >= 0.3 is 0 Å².